The van der Waals surface area contributed by atoms with Gasteiger partial charge in [0.15, 0.2) is 10.6 Å². The number of thiophene rings is 1. The minimum atomic E-state index is -0.346. The van der Waals surface area contributed by atoms with Crippen LogP contribution in [0.4, 0.5) is 0 Å². The first-order chi connectivity index (χ1) is 9.13. The van der Waals surface area contributed by atoms with Crippen molar-refractivity contribution in [2.24, 2.45) is 0 Å². The van der Waals surface area contributed by atoms with Crippen LogP contribution in [0.15, 0.2) is 24.3 Å². The number of benzene rings is 1. The number of fused-ring (bicyclic) bond motifs is 1. The maximum atomic E-state index is 11.8. The molecule has 0 aliphatic carbocycles. The minimum Gasteiger partial charge on any atom is -0.490 e. The van der Waals surface area contributed by atoms with E-state index in [1.54, 1.807) is 0 Å². The Kier molecular flexibility index (Phi) is 4.39. The number of carbonyl (C=O) groups excluding carboxylic acids is 1. The van der Waals surface area contributed by atoms with Crippen LogP contribution in [-0.2, 0) is 4.74 Å². The number of ether oxygens (including phenoxy) is 2. The fourth-order valence-corrected chi connectivity index (χ4v) is 2.79. The second-order valence-electron chi connectivity index (χ2n) is 4.40. The first-order valence-corrected chi connectivity index (χ1v) is 6.82. The summed E-state index contributed by atoms with van der Waals surface area (Å²) in [6.45, 7) is 1.34. The predicted octanol–water partition coefficient (Wildman–Crippen LogP) is 2.63. The summed E-state index contributed by atoms with van der Waals surface area (Å²) in [7, 11) is 5.35. The molecule has 2 aromatic rings. The van der Waals surface area contributed by atoms with Gasteiger partial charge in [-0.05, 0) is 26.2 Å². The van der Waals surface area contributed by atoms with E-state index in [0.717, 1.165) is 16.6 Å². The highest BCUT2D eigenvalue weighted by Gasteiger charge is 2.20. The van der Waals surface area contributed by atoms with Gasteiger partial charge in [0.1, 0.15) is 6.61 Å². The van der Waals surface area contributed by atoms with Crippen LogP contribution >= 0.6 is 11.3 Å². The summed E-state index contributed by atoms with van der Waals surface area (Å²) >= 11 is 1.40. The van der Waals surface area contributed by atoms with Gasteiger partial charge >= 0.3 is 5.97 Å². The van der Waals surface area contributed by atoms with E-state index >= 15 is 0 Å². The van der Waals surface area contributed by atoms with Crippen molar-refractivity contribution in [2.75, 3.05) is 34.4 Å². The number of rotatable bonds is 5. The van der Waals surface area contributed by atoms with Crippen molar-refractivity contribution in [1.82, 2.24) is 4.90 Å². The highest BCUT2D eigenvalue weighted by Crippen LogP contribution is 2.38. The van der Waals surface area contributed by atoms with Crippen molar-refractivity contribution in [3.05, 3.63) is 29.1 Å². The van der Waals surface area contributed by atoms with Gasteiger partial charge in [0.25, 0.3) is 0 Å². The Morgan fingerprint density at radius 3 is 2.74 bits per heavy atom. The van der Waals surface area contributed by atoms with E-state index < -0.39 is 0 Å². The van der Waals surface area contributed by atoms with Gasteiger partial charge in [0.2, 0.25) is 0 Å². The molecule has 0 N–H and O–H groups in total. The summed E-state index contributed by atoms with van der Waals surface area (Å²) in [6.07, 6.45) is 0. The Labute approximate surface area is 116 Å². The van der Waals surface area contributed by atoms with Crippen molar-refractivity contribution in [1.29, 1.82) is 0 Å². The molecule has 0 radical (unpaired) electrons. The average Bonchev–Trinajstić information content (AvgIpc) is 2.77. The molecule has 1 aromatic heterocycles. The lowest BCUT2D eigenvalue weighted by molar-refractivity contribution is 0.0602. The summed E-state index contributed by atoms with van der Waals surface area (Å²) in [6, 6.07) is 7.83. The Bertz CT molecular complexity index is 577. The van der Waals surface area contributed by atoms with Crippen LogP contribution in [0.1, 0.15) is 9.67 Å². The van der Waals surface area contributed by atoms with Crippen LogP contribution in [0.5, 0.6) is 5.75 Å². The van der Waals surface area contributed by atoms with Crippen LogP contribution in [-0.4, -0.2) is 45.2 Å². The van der Waals surface area contributed by atoms with E-state index in [1.807, 2.05) is 43.3 Å². The Balaban J connectivity index is 2.34. The molecule has 2 rings (SSSR count). The molecule has 0 spiro atoms. The summed E-state index contributed by atoms with van der Waals surface area (Å²) < 4.78 is 11.6. The molecule has 0 saturated carbocycles. The van der Waals surface area contributed by atoms with Crippen LogP contribution in [0.3, 0.4) is 0 Å². The number of hydrogen-bond acceptors (Lipinski definition) is 5. The third-order valence-corrected chi connectivity index (χ3v) is 3.84. The molecule has 102 valence electrons. The summed E-state index contributed by atoms with van der Waals surface area (Å²) in [5.74, 6) is 0.287. The first-order valence-electron chi connectivity index (χ1n) is 6.01. The van der Waals surface area contributed by atoms with Gasteiger partial charge < -0.3 is 14.4 Å². The zero-order chi connectivity index (χ0) is 13.8. The third-order valence-electron chi connectivity index (χ3n) is 2.71. The fourth-order valence-electron chi connectivity index (χ4n) is 1.72. The van der Waals surface area contributed by atoms with Crippen LogP contribution in [0.25, 0.3) is 10.1 Å². The predicted molar refractivity (Wildman–Crippen MR) is 77.2 cm³/mol. The summed E-state index contributed by atoms with van der Waals surface area (Å²) in [4.78, 5) is 14.4. The first kappa shape index (κ1) is 13.8. The molecular formula is C14H17NO3S. The van der Waals surface area contributed by atoms with E-state index in [0.29, 0.717) is 17.2 Å². The molecule has 0 fully saturated rings. The van der Waals surface area contributed by atoms with Crippen LogP contribution in [0.2, 0.25) is 0 Å². The molecule has 0 atom stereocenters. The standard InChI is InChI=1S/C14H17NO3S/c1-15(2)8-9-18-12-10-6-4-5-7-11(10)19-13(12)14(16)17-3/h4-7H,8-9H2,1-3H3. The zero-order valence-electron chi connectivity index (χ0n) is 11.3. The van der Waals surface area contributed by atoms with E-state index in [-0.39, 0.29) is 5.97 Å². The highest BCUT2D eigenvalue weighted by molar-refractivity contribution is 7.21. The van der Waals surface area contributed by atoms with E-state index in [4.69, 9.17) is 9.47 Å². The minimum absolute atomic E-state index is 0.346. The Morgan fingerprint density at radius 1 is 1.32 bits per heavy atom. The Hall–Kier alpha value is -1.59. The van der Waals surface area contributed by atoms with Crippen molar-refractivity contribution >= 4 is 27.4 Å². The lowest BCUT2D eigenvalue weighted by Crippen LogP contribution is -2.19. The molecule has 0 amide bonds. The normalized spacial score (nSPS) is 10.9. The molecule has 0 aliphatic heterocycles. The van der Waals surface area contributed by atoms with E-state index in [1.165, 1.54) is 18.4 Å². The van der Waals surface area contributed by atoms with Gasteiger partial charge in [-0.3, -0.25) is 0 Å². The number of carbonyl (C=O) groups is 1. The van der Waals surface area contributed by atoms with Gasteiger partial charge in [-0.15, -0.1) is 11.3 Å². The lowest BCUT2D eigenvalue weighted by Gasteiger charge is -2.11. The van der Waals surface area contributed by atoms with E-state index in [2.05, 4.69) is 0 Å². The SMILES string of the molecule is COC(=O)c1sc2ccccc2c1OCCN(C)C. The Morgan fingerprint density at radius 2 is 2.05 bits per heavy atom. The molecule has 19 heavy (non-hydrogen) atoms. The van der Waals surface area contributed by atoms with Crippen LogP contribution < -0.4 is 4.74 Å². The second kappa shape index (κ2) is 6.04. The van der Waals surface area contributed by atoms with Gasteiger partial charge in [0, 0.05) is 16.6 Å². The largest absolute Gasteiger partial charge is 0.490 e. The highest BCUT2D eigenvalue weighted by atomic mass is 32.1. The molecule has 1 aromatic carbocycles. The van der Waals surface area contributed by atoms with Crippen molar-refractivity contribution in [2.45, 2.75) is 0 Å². The summed E-state index contributed by atoms with van der Waals surface area (Å²) in [5.41, 5.74) is 0. The zero-order valence-corrected chi connectivity index (χ0v) is 12.1. The summed E-state index contributed by atoms with van der Waals surface area (Å²) in [5, 5.41) is 0.964. The maximum Gasteiger partial charge on any atom is 0.351 e. The molecular weight excluding hydrogens is 262 g/mol. The number of nitrogens with zero attached hydrogens (tertiary/aromatic N) is 1. The van der Waals surface area contributed by atoms with Gasteiger partial charge in [-0.2, -0.15) is 0 Å². The molecule has 5 heteroatoms. The smallest absolute Gasteiger partial charge is 0.351 e. The van der Waals surface area contributed by atoms with Crippen molar-refractivity contribution in [3.8, 4) is 5.75 Å². The van der Waals surface area contributed by atoms with Crippen molar-refractivity contribution < 1.29 is 14.3 Å². The monoisotopic (exact) mass is 279 g/mol. The molecule has 0 aliphatic rings. The number of esters is 1. The average molecular weight is 279 g/mol. The molecule has 4 nitrogen and oxygen atoms in total. The quantitative estimate of drug-likeness (QED) is 0.789. The molecule has 0 saturated heterocycles. The molecule has 1 heterocycles. The van der Waals surface area contributed by atoms with Gasteiger partial charge in [-0.1, -0.05) is 12.1 Å². The lowest BCUT2D eigenvalue weighted by atomic mass is 10.2. The van der Waals surface area contributed by atoms with Crippen LogP contribution in [0, 0.1) is 0 Å². The number of methoxy groups -OCH3 is 1. The number of hydrogen-bond donors (Lipinski definition) is 0. The topological polar surface area (TPSA) is 38.8 Å². The molecule has 0 bridgehead atoms. The van der Waals surface area contributed by atoms with Gasteiger partial charge in [-0.25, -0.2) is 4.79 Å². The van der Waals surface area contributed by atoms with E-state index in [9.17, 15) is 4.79 Å². The van der Waals surface area contributed by atoms with Gasteiger partial charge in [0.05, 0.1) is 7.11 Å². The third kappa shape index (κ3) is 3.05. The second-order valence-corrected chi connectivity index (χ2v) is 5.45. The fraction of sp³-hybridized carbons (Fsp3) is 0.357. The van der Waals surface area contributed by atoms with Crippen molar-refractivity contribution in [3.63, 3.8) is 0 Å². The molecule has 0 unspecified atom stereocenters. The maximum absolute atomic E-state index is 11.8. The number of likely N-dealkylation sites (N-methyl/N-ethyl adjacent to an activating group) is 1.